The van der Waals surface area contributed by atoms with Gasteiger partial charge in [-0.25, -0.2) is 4.79 Å². The highest BCUT2D eigenvalue weighted by Gasteiger charge is 2.20. The zero-order chi connectivity index (χ0) is 12.0. The molecule has 1 aromatic rings. The Bertz CT molecular complexity index is 339. The first-order valence-corrected chi connectivity index (χ1v) is 4.58. The second-order valence-corrected chi connectivity index (χ2v) is 2.73. The number of carbonyl (C=O) groups is 1. The quantitative estimate of drug-likeness (QED) is 0.563. The van der Waals surface area contributed by atoms with Gasteiger partial charge in [0.1, 0.15) is 17.1 Å². The maximum Gasteiger partial charge on any atom is 0.380 e. The summed E-state index contributed by atoms with van der Waals surface area (Å²) in [5.41, 5.74) is 0.181. The lowest BCUT2D eigenvalue weighted by Gasteiger charge is -2.10. The molecule has 87 valence electrons. The fourth-order valence-corrected chi connectivity index (χ4v) is 1.19. The highest BCUT2D eigenvalue weighted by atomic mass is 17.2. The third-order valence-corrected chi connectivity index (χ3v) is 1.85. The van der Waals surface area contributed by atoms with Gasteiger partial charge in [-0.1, -0.05) is 6.07 Å². The normalized spacial score (nSPS) is 9.69. The first-order valence-electron chi connectivity index (χ1n) is 4.58. The number of methoxy groups -OCH3 is 2. The summed E-state index contributed by atoms with van der Waals surface area (Å²) in [5, 5.41) is 0. The molecule has 0 aliphatic heterocycles. The molecule has 0 spiro atoms. The second kappa shape index (κ2) is 5.97. The highest BCUT2D eigenvalue weighted by Crippen LogP contribution is 2.28. The lowest BCUT2D eigenvalue weighted by atomic mass is 10.2. The summed E-state index contributed by atoms with van der Waals surface area (Å²) in [6.45, 7) is 3.41. The first-order chi connectivity index (χ1) is 7.74. The van der Waals surface area contributed by atoms with E-state index in [4.69, 9.17) is 9.47 Å². The van der Waals surface area contributed by atoms with E-state index in [9.17, 15) is 4.79 Å². The maximum atomic E-state index is 11.6. The molecule has 0 aliphatic carbocycles. The molecular formula is C11H13O5. The van der Waals surface area contributed by atoms with Crippen LogP contribution in [0.3, 0.4) is 0 Å². The number of carbonyl (C=O) groups excluding carboxylic acids is 1. The van der Waals surface area contributed by atoms with Crippen molar-refractivity contribution >= 4 is 5.97 Å². The minimum Gasteiger partial charge on any atom is -0.496 e. The van der Waals surface area contributed by atoms with Gasteiger partial charge >= 0.3 is 5.97 Å². The van der Waals surface area contributed by atoms with Gasteiger partial charge in [-0.3, -0.25) is 4.89 Å². The standard InChI is InChI=1S/C11H13O5/c1-4-15-16-11(12)10-8(13-2)6-5-7-9(10)14-3/h5-7H,1,4H2,2-3H3. The van der Waals surface area contributed by atoms with Gasteiger partial charge in [0.25, 0.3) is 0 Å². The van der Waals surface area contributed by atoms with E-state index in [0.29, 0.717) is 11.5 Å². The van der Waals surface area contributed by atoms with Crippen LogP contribution in [0.5, 0.6) is 11.5 Å². The molecule has 0 saturated carbocycles. The van der Waals surface area contributed by atoms with Crippen molar-refractivity contribution in [2.75, 3.05) is 20.8 Å². The minimum absolute atomic E-state index is 0.0310. The van der Waals surface area contributed by atoms with Crippen LogP contribution in [0.4, 0.5) is 0 Å². The van der Waals surface area contributed by atoms with Gasteiger partial charge in [-0.2, -0.15) is 4.89 Å². The van der Waals surface area contributed by atoms with Gasteiger partial charge in [0.05, 0.1) is 20.8 Å². The summed E-state index contributed by atoms with van der Waals surface area (Å²) in [5.74, 6) is 0.0342. The smallest absolute Gasteiger partial charge is 0.380 e. The molecule has 0 fully saturated rings. The molecule has 0 unspecified atom stereocenters. The van der Waals surface area contributed by atoms with Gasteiger partial charge in [-0.15, -0.1) is 0 Å². The van der Waals surface area contributed by atoms with Gasteiger partial charge in [0.2, 0.25) is 0 Å². The van der Waals surface area contributed by atoms with Crippen molar-refractivity contribution in [2.24, 2.45) is 0 Å². The van der Waals surface area contributed by atoms with Gasteiger partial charge in [-0.05, 0) is 19.1 Å². The highest BCUT2D eigenvalue weighted by molar-refractivity contribution is 5.95. The van der Waals surface area contributed by atoms with Crippen LogP contribution in [0.1, 0.15) is 10.4 Å². The number of ether oxygens (including phenoxy) is 2. The van der Waals surface area contributed by atoms with Crippen LogP contribution < -0.4 is 9.47 Å². The van der Waals surface area contributed by atoms with E-state index in [1.807, 2.05) is 0 Å². The predicted octanol–water partition coefficient (Wildman–Crippen LogP) is 1.63. The average Bonchev–Trinajstić information content (AvgIpc) is 2.34. The Morgan fingerprint density at radius 1 is 1.25 bits per heavy atom. The van der Waals surface area contributed by atoms with E-state index in [-0.39, 0.29) is 12.2 Å². The molecule has 5 nitrogen and oxygen atoms in total. The van der Waals surface area contributed by atoms with Gasteiger partial charge in [0, 0.05) is 0 Å². The molecule has 1 radical (unpaired) electrons. The Kier molecular flexibility index (Phi) is 4.60. The van der Waals surface area contributed by atoms with E-state index in [0.717, 1.165) is 0 Å². The largest absolute Gasteiger partial charge is 0.496 e. The lowest BCUT2D eigenvalue weighted by molar-refractivity contribution is -0.232. The molecule has 0 aromatic heterocycles. The van der Waals surface area contributed by atoms with Crippen molar-refractivity contribution in [3.63, 3.8) is 0 Å². The van der Waals surface area contributed by atoms with E-state index >= 15 is 0 Å². The zero-order valence-corrected chi connectivity index (χ0v) is 9.19. The predicted molar refractivity (Wildman–Crippen MR) is 56.3 cm³/mol. The van der Waals surface area contributed by atoms with Crippen molar-refractivity contribution in [2.45, 2.75) is 0 Å². The summed E-state index contributed by atoms with van der Waals surface area (Å²) < 4.78 is 10.1. The van der Waals surface area contributed by atoms with Crippen molar-refractivity contribution in [3.8, 4) is 11.5 Å². The molecule has 1 aromatic carbocycles. The molecule has 0 atom stereocenters. The molecule has 0 saturated heterocycles. The van der Waals surface area contributed by atoms with Crippen molar-refractivity contribution in [1.29, 1.82) is 0 Å². The third kappa shape index (κ3) is 2.64. The van der Waals surface area contributed by atoms with Crippen LogP contribution in [0.15, 0.2) is 18.2 Å². The second-order valence-electron chi connectivity index (χ2n) is 2.73. The summed E-state index contributed by atoms with van der Waals surface area (Å²) in [6.07, 6.45) is 0. The summed E-state index contributed by atoms with van der Waals surface area (Å²) in [6, 6.07) is 4.96. The topological polar surface area (TPSA) is 54.0 Å². The van der Waals surface area contributed by atoms with Crippen LogP contribution in [-0.2, 0) is 9.78 Å². The molecule has 1 rings (SSSR count). The fraction of sp³-hybridized carbons (Fsp3) is 0.273. The van der Waals surface area contributed by atoms with Crippen molar-refractivity contribution in [1.82, 2.24) is 0 Å². The van der Waals surface area contributed by atoms with E-state index in [1.54, 1.807) is 18.2 Å². The Morgan fingerprint density at radius 3 is 2.25 bits per heavy atom. The number of hydrogen-bond donors (Lipinski definition) is 0. The summed E-state index contributed by atoms with van der Waals surface area (Å²) >= 11 is 0. The van der Waals surface area contributed by atoms with Crippen LogP contribution >= 0.6 is 0 Å². The van der Waals surface area contributed by atoms with Gasteiger partial charge < -0.3 is 9.47 Å². The Balaban J connectivity index is 3.03. The Morgan fingerprint density at radius 2 is 1.81 bits per heavy atom. The lowest BCUT2D eigenvalue weighted by Crippen LogP contribution is -2.09. The van der Waals surface area contributed by atoms with E-state index in [1.165, 1.54) is 14.2 Å². The molecule has 0 N–H and O–H groups in total. The van der Waals surface area contributed by atoms with E-state index < -0.39 is 5.97 Å². The minimum atomic E-state index is -0.682. The third-order valence-electron chi connectivity index (χ3n) is 1.85. The molecule has 0 heterocycles. The van der Waals surface area contributed by atoms with Crippen LogP contribution in [0, 0.1) is 6.92 Å². The van der Waals surface area contributed by atoms with Crippen LogP contribution in [0.25, 0.3) is 0 Å². The molecule has 0 aliphatic rings. The van der Waals surface area contributed by atoms with E-state index in [2.05, 4.69) is 16.7 Å². The number of rotatable bonds is 5. The zero-order valence-electron chi connectivity index (χ0n) is 9.19. The Labute approximate surface area is 93.8 Å². The molecular weight excluding hydrogens is 212 g/mol. The van der Waals surface area contributed by atoms with Crippen LogP contribution in [0.2, 0.25) is 0 Å². The monoisotopic (exact) mass is 225 g/mol. The molecule has 0 amide bonds. The summed E-state index contributed by atoms with van der Waals surface area (Å²) in [4.78, 5) is 20.6. The van der Waals surface area contributed by atoms with Crippen molar-refractivity contribution in [3.05, 3.63) is 30.7 Å². The average molecular weight is 225 g/mol. The maximum absolute atomic E-state index is 11.6. The molecule has 0 bridgehead atoms. The number of hydrogen-bond acceptors (Lipinski definition) is 5. The number of benzene rings is 1. The van der Waals surface area contributed by atoms with Gasteiger partial charge in [0.15, 0.2) is 0 Å². The molecule has 16 heavy (non-hydrogen) atoms. The summed E-state index contributed by atoms with van der Waals surface area (Å²) in [7, 11) is 2.90. The first kappa shape index (κ1) is 12.3. The van der Waals surface area contributed by atoms with Crippen LogP contribution in [-0.4, -0.2) is 26.8 Å². The SMILES string of the molecule is [CH2]COOC(=O)c1c(OC)cccc1OC. The Hall–Kier alpha value is -1.75. The fourth-order valence-electron chi connectivity index (χ4n) is 1.19. The van der Waals surface area contributed by atoms with Crippen molar-refractivity contribution < 1.29 is 24.0 Å². The molecule has 5 heteroatoms.